The number of nitrogens with one attached hydrogen (secondary N) is 1. The van der Waals surface area contributed by atoms with Crippen LogP contribution in [0.5, 0.6) is 0 Å². The van der Waals surface area contributed by atoms with Crippen LogP contribution in [0.1, 0.15) is 0 Å². The molecule has 0 saturated carbocycles. The molecule has 0 fully saturated rings. The summed E-state index contributed by atoms with van der Waals surface area (Å²) in [6.07, 6.45) is 1.52. The summed E-state index contributed by atoms with van der Waals surface area (Å²) in [7, 11) is 1.67. The molecule has 0 aromatic carbocycles. The number of anilines is 1. The monoisotopic (exact) mass is 270 g/mol. The molecule has 0 spiro atoms. The molecule has 0 radical (unpaired) electrons. The van der Waals surface area contributed by atoms with Crippen molar-refractivity contribution in [2.24, 2.45) is 0 Å². The van der Waals surface area contributed by atoms with E-state index in [1.54, 1.807) is 11.6 Å². The Hall–Kier alpha value is -1.14. The maximum atomic E-state index is 4.96. The first-order valence-corrected chi connectivity index (χ1v) is 5.33. The first-order valence-electron chi connectivity index (χ1n) is 4.54. The van der Waals surface area contributed by atoms with E-state index in [1.165, 1.54) is 6.33 Å². The van der Waals surface area contributed by atoms with Crippen LogP contribution in [0.4, 0.5) is 5.82 Å². The number of nitrogens with zero attached hydrogens (tertiary/aromatic N) is 3. The van der Waals surface area contributed by atoms with Gasteiger partial charge in [0.05, 0.1) is 6.61 Å². The lowest BCUT2D eigenvalue weighted by Crippen LogP contribution is -2.10. The molecular weight excluding hydrogens is 260 g/mol. The van der Waals surface area contributed by atoms with Crippen LogP contribution in [0.3, 0.4) is 0 Å². The number of aromatic nitrogens is 3. The summed E-state index contributed by atoms with van der Waals surface area (Å²) in [5, 5.41) is 7.30. The number of methoxy groups -OCH3 is 1. The van der Waals surface area contributed by atoms with Crippen molar-refractivity contribution in [2.75, 3.05) is 25.6 Å². The minimum atomic E-state index is 0.651. The van der Waals surface area contributed by atoms with Gasteiger partial charge in [-0.3, -0.25) is 0 Å². The van der Waals surface area contributed by atoms with Crippen molar-refractivity contribution in [3.63, 3.8) is 0 Å². The van der Waals surface area contributed by atoms with Crippen LogP contribution in [0.25, 0.3) is 5.52 Å². The standard InChI is InChI=1S/C9H11BrN4O/c1-15-5-4-11-9-7-2-3-8(10)14(7)13-6-12-9/h2-3,6H,4-5H2,1H3,(H,11,12,13). The fraction of sp³-hybridized carbons (Fsp3) is 0.333. The summed E-state index contributed by atoms with van der Waals surface area (Å²) in [6.45, 7) is 1.38. The highest BCUT2D eigenvalue weighted by molar-refractivity contribution is 9.10. The van der Waals surface area contributed by atoms with Crippen LogP contribution >= 0.6 is 15.9 Å². The third-order valence-corrected chi connectivity index (χ3v) is 2.60. The Morgan fingerprint density at radius 2 is 2.40 bits per heavy atom. The fourth-order valence-corrected chi connectivity index (χ4v) is 1.72. The first-order chi connectivity index (χ1) is 7.33. The van der Waals surface area contributed by atoms with Crippen molar-refractivity contribution < 1.29 is 4.74 Å². The Balaban J connectivity index is 2.26. The fourth-order valence-electron chi connectivity index (χ4n) is 1.31. The van der Waals surface area contributed by atoms with Gasteiger partial charge in [-0.2, -0.15) is 5.10 Å². The van der Waals surface area contributed by atoms with Crippen molar-refractivity contribution >= 4 is 27.3 Å². The summed E-state index contributed by atoms with van der Waals surface area (Å²) >= 11 is 3.40. The zero-order valence-corrected chi connectivity index (χ0v) is 9.86. The molecule has 2 rings (SSSR count). The summed E-state index contributed by atoms with van der Waals surface area (Å²) in [4.78, 5) is 4.17. The molecule has 0 aliphatic heterocycles. The van der Waals surface area contributed by atoms with E-state index < -0.39 is 0 Å². The number of hydrogen-bond acceptors (Lipinski definition) is 4. The van der Waals surface area contributed by atoms with Crippen molar-refractivity contribution in [1.82, 2.24) is 14.6 Å². The Morgan fingerprint density at radius 3 is 3.20 bits per heavy atom. The number of fused-ring (bicyclic) bond motifs is 1. The van der Waals surface area contributed by atoms with E-state index in [1.807, 2.05) is 12.1 Å². The summed E-state index contributed by atoms with van der Waals surface area (Å²) in [5.74, 6) is 0.813. The third-order valence-electron chi connectivity index (χ3n) is 2.00. The molecule has 6 heteroatoms. The van der Waals surface area contributed by atoms with Gasteiger partial charge in [-0.15, -0.1) is 0 Å². The van der Waals surface area contributed by atoms with Gasteiger partial charge in [0.1, 0.15) is 16.4 Å². The van der Waals surface area contributed by atoms with Crippen LogP contribution in [0, 0.1) is 0 Å². The van der Waals surface area contributed by atoms with Gasteiger partial charge in [0.25, 0.3) is 0 Å². The smallest absolute Gasteiger partial charge is 0.154 e. The molecule has 5 nitrogen and oxygen atoms in total. The van der Waals surface area contributed by atoms with E-state index in [4.69, 9.17) is 4.74 Å². The predicted octanol–water partition coefficient (Wildman–Crippen LogP) is 1.55. The van der Waals surface area contributed by atoms with Gasteiger partial charge in [0, 0.05) is 13.7 Å². The molecular formula is C9H11BrN4O. The highest BCUT2D eigenvalue weighted by Crippen LogP contribution is 2.18. The molecule has 0 bridgehead atoms. The van der Waals surface area contributed by atoms with Gasteiger partial charge in [-0.05, 0) is 28.1 Å². The highest BCUT2D eigenvalue weighted by Gasteiger charge is 2.05. The number of ether oxygens (including phenoxy) is 1. The minimum absolute atomic E-state index is 0.651. The first kappa shape index (κ1) is 10.4. The lowest BCUT2D eigenvalue weighted by atomic mass is 10.5. The normalized spacial score (nSPS) is 10.8. The largest absolute Gasteiger partial charge is 0.383 e. The van der Waals surface area contributed by atoms with E-state index in [0.29, 0.717) is 6.61 Å². The van der Waals surface area contributed by atoms with E-state index in [0.717, 1.165) is 22.5 Å². The van der Waals surface area contributed by atoms with Gasteiger partial charge >= 0.3 is 0 Å². The van der Waals surface area contributed by atoms with Gasteiger partial charge in [-0.25, -0.2) is 9.50 Å². The molecule has 0 aliphatic carbocycles. The zero-order chi connectivity index (χ0) is 10.7. The lowest BCUT2D eigenvalue weighted by molar-refractivity contribution is 0.210. The average Bonchev–Trinajstić information content (AvgIpc) is 2.62. The van der Waals surface area contributed by atoms with Gasteiger partial charge < -0.3 is 10.1 Å². The van der Waals surface area contributed by atoms with Crippen LogP contribution in [0.2, 0.25) is 0 Å². The summed E-state index contributed by atoms with van der Waals surface area (Å²) < 4.78 is 7.65. The third kappa shape index (κ3) is 2.10. The van der Waals surface area contributed by atoms with Crippen LogP contribution in [0.15, 0.2) is 23.1 Å². The Kier molecular flexibility index (Phi) is 3.17. The summed E-state index contributed by atoms with van der Waals surface area (Å²) in [6, 6.07) is 3.89. The van der Waals surface area contributed by atoms with Gasteiger partial charge in [-0.1, -0.05) is 0 Å². The molecule has 2 aromatic heterocycles. The Morgan fingerprint density at radius 1 is 1.53 bits per heavy atom. The molecule has 0 atom stereocenters. The number of rotatable bonds is 4. The van der Waals surface area contributed by atoms with Gasteiger partial charge in [0.15, 0.2) is 5.82 Å². The number of hydrogen-bond donors (Lipinski definition) is 1. The maximum Gasteiger partial charge on any atom is 0.154 e. The van der Waals surface area contributed by atoms with Crippen LogP contribution in [-0.2, 0) is 4.74 Å². The SMILES string of the molecule is COCCNc1ncnn2c(Br)ccc12. The molecule has 0 aliphatic rings. The van der Waals surface area contributed by atoms with Gasteiger partial charge in [0.2, 0.25) is 0 Å². The summed E-state index contributed by atoms with van der Waals surface area (Å²) in [5.41, 5.74) is 0.945. The Labute approximate surface area is 95.6 Å². The highest BCUT2D eigenvalue weighted by atomic mass is 79.9. The molecule has 15 heavy (non-hydrogen) atoms. The van der Waals surface area contributed by atoms with Crippen molar-refractivity contribution in [2.45, 2.75) is 0 Å². The minimum Gasteiger partial charge on any atom is -0.383 e. The molecule has 0 amide bonds. The molecule has 1 N–H and O–H groups in total. The van der Waals surface area contributed by atoms with Crippen molar-refractivity contribution in [1.29, 1.82) is 0 Å². The van der Waals surface area contributed by atoms with E-state index in [-0.39, 0.29) is 0 Å². The lowest BCUT2D eigenvalue weighted by Gasteiger charge is -2.05. The second-order valence-corrected chi connectivity index (χ2v) is 3.79. The van der Waals surface area contributed by atoms with Crippen molar-refractivity contribution in [3.8, 4) is 0 Å². The second kappa shape index (κ2) is 4.59. The maximum absolute atomic E-state index is 4.96. The molecule has 0 saturated heterocycles. The predicted molar refractivity (Wildman–Crippen MR) is 61.1 cm³/mol. The topological polar surface area (TPSA) is 51.5 Å². The molecule has 2 heterocycles. The Bertz CT molecular complexity index is 456. The van der Waals surface area contributed by atoms with E-state index in [2.05, 4.69) is 31.3 Å². The van der Waals surface area contributed by atoms with Crippen molar-refractivity contribution in [3.05, 3.63) is 23.1 Å². The van der Waals surface area contributed by atoms with E-state index >= 15 is 0 Å². The quantitative estimate of drug-likeness (QED) is 0.857. The van der Waals surface area contributed by atoms with E-state index in [9.17, 15) is 0 Å². The average molecular weight is 271 g/mol. The second-order valence-electron chi connectivity index (χ2n) is 2.98. The molecule has 0 unspecified atom stereocenters. The number of halogens is 1. The molecule has 80 valence electrons. The zero-order valence-electron chi connectivity index (χ0n) is 8.27. The van der Waals surface area contributed by atoms with Crippen LogP contribution < -0.4 is 5.32 Å². The molecule has 2 aromatic rings. The van der Waals surface area contributed by atoms with Crippen LogP contribution in [-0.4, -0.2) is 34.9 Å².